The van der Waals surface area contributed by atoms with E-state index < -0.39 is 6.09 Å². The molecule has 138 valence electrons. The first-order chi connectivity index (χ1) is 13.2. The smallest absolute Gasteiger partial charge is 0.427 e. The summed E-state index contributed by atoms with van der Waals surface area (Å²) in [6, 6.07) is 17.3. The number of aromatic nitrogens is 2. The van der Waals surface area contributed by atoms with E-state index in [4.69, 9.17) is 9.47 Å². The highest BCUT2D eigenvalue weighted by atomic mass is 16.5. The molecule has 3 rings (SSSR count). The monoisotopic (exact) mass is 364 g/mol. The SMILES string of the molecule is CCOC(=O)N/N=C\c1cn(-c2ccccc2)nc1-c1ccc(OC)cc1. The molecule has 1 heterocycles. The lowest BCUT2D eigenvalue weighted by Gasteiger charge is -2.02. The Bertz CT molecular complexity index is 918. The quantitative estimate of drug-likeness (QED) is 0.535. The van der Waals surface area contributed by atoms with Crippen molar-refractivity contribution < 1.29 is 14.3 Å². The van der Waals surface area contributed by atoms with Gasteiger partial charge in [0.2, 0.25) is 0 Å². The minimum absolute atomic E-state index is 0.282. The number of nitrogens with one attached hydrogen (secondary N) is 1. The van der Waals surface area contributed by atoms with E-state index >= 15 is 0 Å². The van der Waals surface area contributed by atoms with Gasteiger partial charge in [-0.15, -0.1) is 0 Å². The van der Waals surface area contributed by atoms with Crippen molar-refractivity contribution in [2.45, 2.75) is 6.92 Å². The molecule has 0 aliphatic carbocycles. The van der Waals surface area contributed by atoms with Crippen molar-refractivity contribution in [1.82, 2.24) is 15.2 Å². The van der Waals surface area contributed by atoms with Crippen molar-refractivity contribution in [3.8, 4) is 22.7 Å². The molecule has 0 fully saturated rings. The molecule has 0 unspecified atom stereocenters. The van der Waals surface area contributed by atoms with Crippen LogP contribution in [0.1, 0.15) is 12.5 Å². The average Bonchev–Trinajstić information content (AvgIpc) is 3.13. The maximum Gasteiger partial charge on any atom is 0.427 e. The van der Waals surface area contributed by atoms with Crippen LogP contribution >= 0.6 is 0 Å². The molecule has 0 saturated heterocycles. The van der Waals surface area contributed by atoms with Gasteiger partial charge in [0, 0.05) is 17.3 Å². The van der Waals surface area contributed by atoms with Crippen LogP contribution < -0.4 is 10.2 Å². The molecule has 7 nitrogen and oxygen atoms in total. The summed E-state index contributed by atoms with van der Waals surface area (Å²) in [6.07, 6.45) is 2.80. The molecule has 1 N–H and O–H groups in total. The molecule has 1 amide bonds. The van der Waals surface area contributed by atoms with Gasteiger partial charge in [0.1, 0.15) is 11.4 Å². The van der Waals surface area contributed by atoms with Crippen LogP contribution in [0.15, 0.2) is 65.9 Å². The van der Waals surface area contributed by atoms with Crippen molar-refractivity contribution in [2.75, 3.05) is 13.7 Å². The third kappa shape index (κ3) is 4.52. The number of rotatable bonds is 6. The van der Waals surface area contributed by atoms with Crippen LogP contribution in [0, 0.1) is 0 Å². The molecule has 0 spiro atoms. The maximum atomic E-state index is 11.4. The van der Waals surface area contributed by atoms with Crippen LogP contribution in [0.2, 0.25) is 0 Å². The maximum absolute atomic E-state index is 11.4. The Labute approximate surface area is 157 Å². The van der Waals surface area contributed by atoms with Crippen LogP contribution in [0.3, 0.4) is 0 Å². The number of hydrogen-bond acceptors (Lipinski definition) is 5. The largest absolute Gasteiger partial charge is 0.497 e. The van der Waals surface area contributed by atoms with Crippen molar-refractivity contribution in [3.05, 3.63) is 66.4 Å². The summed E-state index contributed by atoms with van der Waals surface area (Å²) >= 11 is 0. The van der Waals surface area contributed by atoms with E-state index in [0.29, 0.717) is 0 Å². The topological polar surface area (TPSA) is 77.7 Å². The Morgan fingerprint density at radius 3 is 2.59 bits per heavy atom. The van der Waals surface area contributed by atoms with E-state index in [-0.39, 0.29) is 6.61 Å². The molecular weight excluding hydrogens is 344 g/mol. The molecule has 1 aromatic heterocycles. The number of hydrogen-bond donors (Lipinski definition) is 1. The Kier molecular flexibility index (Phi) is 5.84. The van der Waals surface area contributed by atoms with Gasteiger partial charge in [0.05, 0.1) is 25.6 Å². The molecule has 27 heavy (non-hydrogen) atoms. The minimum Gasteiger partial charge on any atom is -0.497 e. The third-order valence-corrected chi connectivity index (χ3v) is 3.76. The zero-order valence-electron chi connectivity index (χ0n) is 15.1. The van der Waals surface area contributed by atoms with Gasteiger partial charge in [-0.3, -0.25) is 0 Å². The molecule has 7 heteroatoms. The predicted molar refractivity (Wildman–Crippen MR) is 103 cm³/mol. The molecular formula is C20H20N4O3. The summed E-state index contributed by atoms with van der Waals surface area (Å²) in [5.41, 5.74) is 5.64. The van der Waals surface area contributed by atoms with E-state index in [1.165, 1.54) is 0 Å². The first-order valence-corrected chi connectivity index (χ1v) is 8.46. The van der Waals surface area contributed by atoms with Gasteiger partial charge in [-0.2, -0.15) is 10.2 Å². The average molecular weight is 364 g/mol. The molecule has 0 atom stereocenters. The summed E-state index contributed by atoms with van der Waals surface area (Å²) in [6.45, 7) is 2.01. The van der Waals surface area contributed by atoms with Gasteiger partial charge in [-0.25, -0.2) is 14.9 Å². The van der Waals surface area contributed by atoms with Gasteiger partial charge >= 0.3 is 6.09 Å². The van der Waals surface area contributed by atoms with E-state index in [0.717, 1.165) is 28.3 Å². The Morgan fingerprint density at radius 1 is 1.19 bits per heavy atom. The summed E-state index contributed by atoms with van der Waals surface area (Å²) in [5, 5.41) is 8.64. The first-order valence-electron chi connectivity index (χ1n) is 8.46. The number of carbonyl (C=O) groups is 1. The molecule has 0 aliphatic rings. The van der Waals surface area contributed by atoms with E-state index in [1.807, 2.05) is 60.8 Å². The number of amides is 1. The van der Waals surface area contributed by atoms with Crippen LogP contribution in [0.4, 0.5) is 4.79 Å². The highest BCUT2D eigenvalue weighted by Crippen LogP contribution is 2.24. The molecule has 3 aromatic rings. The van der Waals surface area contributed by atoms with Gasteiger partial charge < -0.3 is 9.47 Å². The van der Waals surface area contributed by atoms with Crippen molar-refractivity contribution in [1.29, 1.82) is 0 Å². The van der Waals surface area contributed by atoms with Crippen LogP contribution in [0.5, 0.6) is 5.75 Å². The second kappa shape index (κ2) is 8.66. The summed E-state index contributed by atoms with van der Waals surface area (Å²) in [5.74, 6) is 0.764. The zero-order valence-corrected chi connectivity index (χ0v) is 15.1. The van der Waals surface area contributed by atoms with Crippen LogP contribution in [-0.4, -0.2) is 35.8 Å². The molecule has 2 aromatic carbocycles. The number of para-hydroxylation sites is 1. The van der Waals surface area contributed by atoms with Crippen LogP contribution in [-0.2, 0) is 4.74 Å². The first kappa shape index (κ1) is 18.2. The fourth-order valence-corrected chi connectivity index (χ4v) is 2.49. The van der Waals surface area contributed by atoms with Crippen molar-refractivity contribution in [3.63, 3.8) is 0 Å². The number of ether oxygens (including phenoxy) is 2. The normalized spacial score (nSPS) is 10.7. The van der Waals surface area contributed by atoms with Crippen LogP contribution in [0.25, 0.3) is 16.9 Å². The number of hydrazone groups is 1. The lowest BCUT2D eigenvalue weighted by molar-refractivity contribution is 0.152. The number of methoxy groups -OCH3 is 1. The molecule has 0 aliphatic heterocycles. The Hall–Kier alpha value is -3.61. The fourth-order valence-electron chi connectivity index (χ4n) is 2.49. The van der Waals surface area contributed by atoms with Gasteiger partial charge in [-0.05, 0) is 43.3 Å². The number of benzene rings is 2. The van der Waals surface area contributed by atoms with Crippen molar-refractivity contribution >= 4 is 12.3 Å². The van der Waals surface area contributed by atoms with Gasteiger partial charge in [0.25, 0.3) is 0 Å². The van der Waals surface area contributed by atoms with E-state index in [9.17, 15) is 4.79 Å². The second-order valence-electron chi connectivity index (χ2n) is 5.53. The van der Waals surface area contributed by atoms with Gasteiger partial charge in [0.15, 0.2) is 0 Å². The Morgan fingerprint density at radius 2 is 1.93 bits per heavy atom. The lowest BCUT2D eigenvalue weighted by atomic mass is 10.1. The number of carbonyl (C=O) groups excluding carboxylic acids is 1. The number of nitrogens with zero attached hydrogens (tertiary/aromatic N) is 3. The second-order valence-corrected chi connectivity index (χ2v) is 5.53. The highest BCUT2D eigenvalue weighted by molar-refractivity contribution is 5.89. The Balaban J connectivity index is 1.94. The van der Waals surface area contributed by atoms with E-state index in [2.05, 4.69) is 15.6 Å². The predicted octanol–water partition coefficient (Wildman–Crippen LogP) is 3.63. The molecule has 0 saturated carbocycles. The zero-order chi connectivity index (χ0) is 19.1. The summed E-state index contributed by atoms with van der Waals surface area (Å²) in [7, 11) is 1.62. The lowest BCUT2D eigenvalue weighted by Crippen LogP contribution is -2.18. The fraction of sp³-hybridized carbons (Fsp3) is 0.150. The standard InChI is InChI=1S/C20H20N4O3/c1-3-27-20(25)22-21-13-16-14-24(17-7-5-4-6-8-17)23-19(16)15-9-11-18(26-2)12-10-15/h4-14H,3H2,1-2H3,(H,22,25)/b21-13-. The minimum atomic E-state index is -0.602. The summed E-state index contributed by atoms with van der Waals surface area (Å²) in [4.78, 5) is 11.4. The molecule has 0 radical (unpaired) electrons. The van der Waals surface area contributed by atoms with E-state index in [1.54, 1.807) is 24.9 Å². The van der Waals surface area contributed by atoms with Gasteiger partial charge in [-0.1, -0.05) is 18.2 Å². The van der Waals surface area contributed by atoms with Crippen molar-refractivity contribution in [2.24, 2.45) is 5.10 Å². The highest BCUT2D eigenvalue weighted by Gasteiger charge is 2.11. The summed E-state index contributed by atoms with van der Waals surface area (Å²) < 4.78 is 11.8. The molecule has 0 bridgehead atoms. The third-order valence-electron chi connectivity index (χ3n) is 3.76.